The highest BCUT2D eigenvalue weighted by Gasteiger charge is 2.40. The highest BCUT2D eigenvalue weighted by molar-refractivity contribution is 9.10. The molecule has 0 fully saturated rings. The van der Waals surface area contributed by atoms with E-state index < -0.39 is 20.7 Å². The lowest BCUT2D eigenvalue weighted by atomic mass is 9.97. The summed E-state index contributed by atoms with van der Waals surface area (Å²) in [5.41, 5.74) is 0.385. The molecule has 0 saturated carbocycles. The molecule has 1 rings (SSSR count). The van der Waals surface area contributed by atoms with Gasteiger partial charge < -0.3 is 14.6 Å². The molecule has 0 aromatic heterocycles. The van der Waals surface area contributed by atoms with Crippen molar-refractivity contribution in [1.29, 1.82) is 0 Å². The Hall–Kier alpha value is -0.790. The second-order valence-electron chi connectivity index (χ2n) is 4.98. The Bertz CT molecular complexity index is 595. The molecular formula is C13H19BrO5S. The van der Waals surface area contributed by atoms with Gasteiger partial charge in [0.05, 0.1) is 19.0 Å². The van der Waals surface area contributed by atoms with E-state index in [4.69, 9.17) is 9.47 Å². The van der Waals surface area contributed by atoms with Gasteiger partial charge in [0.2, 0.25) is 0 Å². The van der Waals surface area contributed by atoms with Crippen LogP contribution in [-0.4, -0.2) is 38.7 Å². The van der Waals surface area contributed by atoms with Crippen molar-refractivity contribution in [1.82, 2.24) is 0 Å². The summed E-state index contributed by atoms with van der Waals surface area (Å²) in [6, 6.07) is 3.24. The molecule has 0 saturated heterocycles. The number of aliphatic hydroxyl groups excluding tert-OH is 1. The minimum Gasteiger partial charge on any atom is -0.495 e. The number of halogens is 1. The third-order valence-corrected chi connectivity index (χ3v) is 6.31. The fourth-order valence-corrected chi connectivity index (χ4v) is 2.93. The summed E-state index contributed by atoms with van der Waals surface area (Å²) in [6.45, 7) is 2.95. The number of aliphatic hydroxyl groups is 1. The smallest absolute Gasteiger partial charge is 0.155 e. The summed E-state index contributed by atoms with van der Waals surface area (Å²) >= 11 is 3.33. The van der Waals surface area contributed by atoms with Crippen LogP contribution in [0.15, 0.2) is 16.6 Å². The first kappa shape index (κ1) is 17.3. The van der Waals surface area contributed by atoms with Gasteiger partial charge in [-0.05, 0) is 41.9 Å². The second kappa shape index (κ2) is 5.91. The van der Waals surface area contributed by atoms with E-state index in [1.807, 2.05) is 0 Å². The van der Waals surface area contributed by atoms with Crippen LogP contribution in [0.25, 0.3) is 0 Å². The third-order valence-electron chi connectivity index (χ3n) is 3.42. The first-order chi connectivity index (χ1) is 9.07. The van der Waals surface area contributed by atoms with E-state index in [1.54, 1.807) is 12.1 Å². The Morgan fingerprint density at radius 3 is 2.20 bits per heavy atom. The number of hydrogen-bond acceptors (Lipinski definition) is 5. The van der Waals surface area contributed by atoms with Crippen LogP contribution in [0.1, 0.15) is 25.5 Å². The Kier molecular flexibility index (Phi) is 5.10. The standard InChI is InChI=1S/C13H19BrO5S/c1-13(2,20(5,16)17)12(15)8-6-7-9(18-3)10(14)11(8)19-4/h6-7,12,15H,1-5H3. The fourth-order valence-electron chi connectivity index (χ4n) is 1.71. The molecule has 1 aromatic rings. The third kappa shape index (κ3) is 2.94. The number of hydrogen-bond donors (Lipinski definition) is 1. The molecule has 0 spiro atoms. The Morgan fingerprint density at radius 2 is 1.80 bits per heavy atom. The minimum absolute atomic E-state index is 0.355. The predicted octanol–water partition coefficient (Wildman–Crippen LogP) is 2.32. The van der Waals surface area contributed by atoms with Crippen molar-refractivity contribution in [2.75, 3.05) is 20.5 Å². The number of rotatable bonds is 5. The van der Waals surface area contributed by atoms with Crippen LogP contribution in [0.3, 0.4) is 0 Å². The number of benzene rings is 1. The highest BCUT2D eigenvalue weighted by Crippen LogP contribution is 2.43. The molecule has 1 atom stereocenters. The fraction of sp³-hybridized carbons (Fsp3) is 0.538. The average molecular weight is 367 g/mol. The monoisotopic (exact) mass is 366 g/mol. The van der Waals surface area contributed by atoms with Crippen molar-refractivity contribution in [2.45, 2.75) is 24.7 Å². The van der Waals surface area contributed by atoms with Crippen LogP contribution >= 0.6 is 15.9 Å². The number of ether oxygens (including phenoxy) is 2. The van der Waals surface area contributed by atoms with E-state index in [2.05, 4.69) is 15.9 Å². The summed E-state index contributed by atoms with van der Waals surface area (Å²) in [5.74, 6) is 0.892. The van der Waals surface area contributed by atoms with E-state index in [0.29, 0.717) is 21.5 Å². The van der Waals surface area contributed by atoms with Crippen LogP contribution in [0.2, 0.25) is 0 Å². The quantitative estimate of drug-likeness (QED) is 0.865. The van der Waals surface area contributed by atoms with E-state index in [1.165, 1.54) is 28.1 Å². The summed E-state index contributed by atoms with van der Waals surface area (Å²) in [4.78, 5) is 0. The molecule has 0 aliphatic heterocycles. The van der Waals surface area contributed by atoms with Crippen molar-refractivity contribution >= 4 is 25.8 Å². The molecule has 20 heavy (non-hydrogen) atoms. The zero-order valence-electron chi connectivity index (χ0n) is 12.1. The molecular weight excluding hydrogens is 348 g/mol. The zero-order chi connectivity index (χ0) is 15.7. The van der Waals surface area contributed by atoms with E-state index in [-0.39, 0.29) is 0 Å². The van der Waals surface area contributed by atoms with Crippen molar-refractivity contribution < 1.29 is 23.0 Å². The van der Waals surface area contributed by atoms with Gasteiger partial charge >= 0.3 is 0 Å². The van der Waals surface area contributed by atoms with Crippen LogP contribution in [0.4, 0.5) is 0 Å². The minimum atomic E-state index is -3.46. The van der Waals surface area contributed by atoms with Crippen molar-refractivity contribution in [3.8, 4) is 11.5 Å². The summed E-state index contributed by atoms with van der Waals surface area (Å²) < 4.78 is 33.3. The van der Waals surface area contributed by atoms with Gasteiger partial charge in [-0.3, -0.25) is 0 Å². The summed E-state index contributed by atoms with van der Waals surface area (Å²) in [6.07, 6.45) is -0.129. The first-order valence-electron chi connectivity index (χ1n) is 5.86. The van der Waals surface area contributed by atoms with E-state index in [0.717, 1.165) is 6.26 Å². The van der Waals surface area contributed by atoms with Gasteiger partial charge in [0.15, 0.2) is 9.84 Å². The Labute approximate surface area is 128 Å². The van der Waals surface area contributed by atoms with Gasteiger partial charge in [-0.25, -0.2) is 8.42 Å². The maximum Gasteiger partial charge on any atom is 0.155 e. The number of methoxy groups -OCH3 is 2. The highest BCUT2D eigenvalue weighted by atomic mass is 79.9. The molecule has 0 aliphatic rings. The topological polar surface area (TPSA) is 72.8 Å². The van der Waals surface area contributed by atoms with Crippen LogP contribution in [0, 0.1) is 0 Å². The molecule has 1 N–H and O–H groups in total. The SMILES string of the molecule is COc1ccc(C(O)C(C)(C)S(C)(=O)=O)c(OC)c1Br. The van der Waals surface area contributed by atoms with Crippen molar-refractivity contribution in [3.05, 3.63) is 22.2 Å². The van der Waals surface area contributed by atoms with Gasteiger partial charge in [0.25, 0.3) is 0 Å². The predicted molar refractivity (Wildman–Crippen MR) is 81.1 cm³/mol. The van der Waals surface area contributed by atoms with Crippen LogP contribution < -0.4 is 9.47 Å². The lowest BCUT2D eigenvalue weighted by Gasteiger charge is -2.30. The zero-order valence-corrected chi connectivity index (χ0v) is 14.5. The van der Waals surface area contributed by atoms with E-state index >= 15 is 0 Å². The van der Waals surface area contributed by atoms with Gasteiger partial charge in [0, 0.05) is 11.8 Å². The molecule has 0 amide bonds. The van der Waals surface area contributed by atoms with Crippen molar-refractivity contribution in [3.63, 3.8) is 0 Å². The second-order valence-corrected chi connectivity index (χ2v) is 8.37. The average Bonchev–Trinajstić information content (AvgIpc) is 2.36. The van der Waals surface area contributed by atoms with Crippen LogP contribution in [-0.2, 0) is 9.84 Å². The van der Waals surface area contributed by atoms with Gasteiger partial charge in [-0.15, -0.1) is 0 Å². The molecule has 0 aliphatic carbocycles. The molecule has 0 bridgehead atoms. The summed E-state index contributed by atoms with van der Waals surface area (Å²) in [5, 5.41) is 10.5. The maximum absolute atomic E-state index is 11.8. The van der Waals surface area contributed by atoms with Gasteiger partial charge in [-0.1, -0.05) is 0 Å². The molecule has 1 unspecified atom stereocenters. The largest absolute Gasteiger partial charge is 0.495 e. The Morgan fingerprint density at radius 1 is 1.25 bits per heavy atom. The normalized spacial score (nSPS) is 13.9. The Balaban J connectivity index is 3.45. The molecule has 7 heteroatoms. The molecule has 0 radical (unpaired) electrons. The van der Waals surface area contributed by atoms with Gasteiger partial charge in [0.1, 0.15) is 22.1 Å². The summed E-state index contributed by atoms with van der Waals surface area (Å²) in [7, 11) is -0.498. The van der Waals surface area contributed by atoms with Gasteiger partial charge in [-0.2, -0.15) is 0 Å². The molecule has 114 valence electrons. The number of sulfone groups is 1. The first-order valence-corrected chi connectivity index (χ1v) is 8.54. The lowest BCUT2D eigenvalue weighted by molar-refractivity contribution is 0.135. The van der Waals surface area contributed by atoms with Crippen LogP contribution in [0.5, 0.6) is 11.5 Å². The molecule has 5 nitrogen and oxygen atoms in total. The molecule has 1 aromatic carbocycles. The molecule has 0 heterocycles. The lowest BCUT2D eigenvalue weighted by Crippen LogP contribution is -2.38. The van der Waals surface area contributed by atoms with Crippen molar-refractivity contribution in [2.24, 2.45) is 0 Å². The van der Waals surface area contributed by atoms with E-state index in [9.17, 15) is 13.5 Å². The maximum atomic E-state index is 11.8.